The molecule has 3 aromatic rings. The van der Waals surface area contributed by atoms with Crippen molar-refractivity contribution in [2.24, 2.45) is 23.2 Å². The van der Waals surface area contributed by atoms with Crippen LogP contribution in [0, 0.1) is 23.2 Å². The normalized spacial score (nSPS) is 23.3. The van der Waals surface area contributed by atoms with Gasteiger partial charge >= 0.3 is 5.97 Å². The summed E-state index contributed by atoms with van der Waals surface area (Å²) in [4.78, 5) is 17.8. The zero-order valence-corrected chi connectivity index (χ0v) is 29.5. The molecule has 0 saturated heterocycles. The van der Waals surface area contributed by atoms with Gasteiger partial charge in [0.25, 0.3) is 0 Å². The third-order valence-corrected chi connectivity index (χ3v) is 13.6. The molecule has 0 heterocycles. The van der Waals surface area contributed by atoms with Gasteiger partial charge in [-0.2, -0.15) is 0 Å². The molecule has 4 fully saturated rings. The van der Waals surface area contributed by atoms with E-state index in [9.17, 15) is 4.79 Å². The van der Waals surface area contributed by atoms with Crippen LogP contribution in [0.25, 0.3) is 0 Å². The number of ether oxygens (including phenoxy) is 3. The molecule has 0 radical (unpaired) electrons. The first-order valence-corrected chi connectivity index (χ1v) is 19.8. The fourth-order valence-corrected chi connectivity index (χ4v) is 11.4. The van der Waals surface area contributed by atoms with E-state index in [0.717, 1.165) is 89.7 Å². The Bertz CT molecular complexity index is 1270. The quantitative estimate of drug-likeness (QED) is 0.135. The number of unbranched alkanes of at least 4 members (excludes halogenated alkanes) is 3. The molecular formula is C41H54O5S. The maximum absolute atomic E-state index is 14.9. The number of carbonyl (C=O) groups is 1. The van der Waals surface area contributed by atoms with Crippen molar-refractivity contribution in [3.05, 3.63) is 72.8 Å². The standard InChI is InChI=1S/C41H54O5S/c1-4-7-22-43-34-10-16-37(17-11-34)47(38-18-12-35(13-19-38)44-23-8-5-2,39-20-14-36(15-21-39)45-24-9-6-3)46-40(42)41-28-31-25-32(29-41)27-33(26-31)30-41/h10-21,31-33H,4-9,22-30H2,1-3H3. The van der Waals surface area contributed by atoms with Crippen LogP contribution in [-0.4, -0.2) is 25.8 Å². The van der Waals surface area contributed by atoms with Crippen LogP contribution >= 0.6 is 10.3 Å². The van der Waals surface area contributed by atoms with Gasteiger partial charge in [-0.3, -0.25) is 4.79 Å². The molecule has 7 rings (SSSR count). The minimum absolute atomic E-state index is 0.0126. The molecule has 0 spiro atoms. The van der Waals surface area contributed by atoms with Crippen LogP contribution in [0.15, 0.2) is 87.5 Å². The van der Waals surface area contributed by atoms with Crippen molar-refractivity contribution in [1.29, 1.82) is 0 Å². The second-order valence-electron chi connectivity index (χ2n) is 14.1. The predicted octanol–water partition coefficient (Wildman–Crippen LogP) is 11.2. The van der Waals surface area contributed by atoms with Crippen molar-refractivity contribution in [1.82, 2.24) is 0 Å². The molecule has 4 bridgehead atoms. The first-order valence-electron chi connectivity index (χ1n) is 18.2. The molecule has 3 aromatic carbocycles. The largest absolute Gasteiger partial charge is 0.494 e. The van der Waals surface area contributed by atoms with E-state index in [1.807, 2.05) is 36.4 Å². The zero-order valence-electron chi connectivity index (χ0n) is 28.7. The highest BCUT2D eigenvalue weighted by atomic mass is 32.3. The molecule has 0 aromatic heterocycles. The lowest BCUT2D eigenvalue weighted by Gasteiger charge is -2.56. The minimum Gasteiger partial charge on any atom is -0.494 e. The molecule has 4 aliphatic carbocycles. The summed E-state index contributed by atoms with van der Waals surface area (Å²) in [6.45, 7) is 8.57. The Morgan fingerprint density at radius 1 is 0.574 bits per heavy atom. The number of hydrogen-bond donors (Lipinski definition) is 0. The molecule has 0 unspecified atom stereocenters. The first kappa shape index (κ1) is 33.8. The Balaban J connectivity index is 1.42. The summed E-state index contributed by atoms with van der Waals surface area (Å²) in [5.74, 6) is 4.44. The van der Waals surface area contributed by atoms with E-state index < -0.39 is 10.3 Å². The summed E-state index contributed by atoms with van der Waals surface area (Å²) in [7, 11) is -2.47. The van der Waals surface area contributed by atoms with Gasteiger partial charge in [0.15, 0.2) is 0 Å². The number of hydrogen-bond acceptors (Lipinski definition) is 5. The molecule has 0 amide bonds. The van der Waals surface area contributed by atoms with Crippen LogP contribution in [0.4, 0.5) is 0 Å². The molecule has 4 aliphatic rings. The van der Waals surface area contributed by atoms with Gasteiger partial charge in [-0.05, 0) is 159 Å². The maximum Gasteiger partial charge on any atom is 0.323 e. The molecular weight excluding hydrogens is 605 g/mol. The van der Waals surface area contributed by atoms with E-state index in [2.05, 4.69) is 57.2 Å². The first-order chi connectivity index (χ1) is 23.0. The van der Waals surface area contributed by atoms with Crippen molar-refractivity contribution in [3.63, 3.8) is 0 Å². The molecule has 5 nitrogen and oxygen atoms in total. The number of carbonyl (C=O) groups excluding carboxylic acids is 1. The number of rotatable bonds is 17. The predicted molar refractivity (Wildman–Crippen MR) is 190 cm³/mol. The summed E-state index contributed by atoms with van der Waals surface area (Å²) >= 11 is 0. The fraction of sp³-hybridized carbons (Fsp3) is 0.537. The van der Waals surface area contributed by atoms with E-state index in [1.54, 1.807) is 0 Å². The van der Waals surface area contributed by atoms with Crippen LogP contribution in [0.1, 0.15) is 97.8 Å². The Labute approximate surface area is 284 Å². The molecule has 0 N–H and O–H groups in total. The zero-order chi connectivity index (χ0) is 32.7. The van der Waals surface area contributed by atoms with Gasteiger partial charge in [0.2, 0.25) is 0 Å². The van der Waals surface area contributed by atoms with Gasteiger partial charge in [0.1, 0.15) is 17.2 Å². The monoisotopic (exact) mass is 658 g/mol. The smallest absolute Gasteiger partial charge is 0.323 e. The Kier molecular flexibility index (Phi) is 11.1. The Hall–Kier alpha value is -3.12. The van der Waals surface area contributed by atoms with Crippen molar-refractivity contribution in [2.75, 3.05) is 19.8 Å². The van der Waals surface area contributed by atoms with E-state index in [-0.39, 0.29) is 11.4 Å². The topological polar surface area (TPSA) is 54.0 Å². The summed E-state index contributed by atoms with van der Waals surface area (Å²) in [6, 6.07) is 24.9. The minimum atomic E-state index is -2.47. The highest BCUT2D eigenvalue weighted by molar-refractivity contribution is 8.30. The van der Waals surface area contributed by atoms with Crippen molar-refractivity contribution in [3.8, 4) is 17.2 Å². The van der Waals surface area contributed by atoms with E-state index in [0.29, 0.717) is 37.6 Å². The maximum atomic E-state index is 14.9. The van der Waals surface area contributed by atoms with Gasteiger partial charge in [-0.25, -0.2) is 0 Å². The summed E-state index contributed by atoms with van der Waals surface area (Å²) in [6.07, 6.45) is 13.0. The third kappa shape index (κ3) is 7.48. The van der Waals surface area contributed by atoms with E-state index in [4.69, 9.17) is 18.4 Å². The average molecular weight is 659 g/mol. The average Bonchev–Trinajstić information content (AvgIpc) is 3.08. The fourth-order valence-electron chi connectivity index (χ4n) is 8.30. The number of benzene rings is 3. The van der Waals surface area contributed by atoms with Crippen LogP contribution in [-0.2, 0) is 8.98 Å². The molecule has 0 atom stereocenters. The third-order valence-electron chi connectivity index (χ3n) is 10.4. The second-order valence-corrected chi connectivity index (χ2v) is 16.8. The van der Waals surface area contributed by atoms with Gasteiger partial charge in [0, 0.05) is 14.7 Å². The van der Waals surface area contributed by atoms with Gasteiger partial charge < -0.3 is 18.4 Å². The lowest BCUT2D eigenvalue weighted by atomic mass is 9.49. The summed E-state index contributed by atoms with van der Waals surface area (Å²) in [5, 5.41) is 0. The Morgan fingerprint density at radius 2 is 0.894 bits per heavy atom. The second kappa shape index (κ2) is 15.4. The Morgan fingerprint density at radius 3 is 1.19 bits per heavy atom. The summed E-state index contributed by atoms with van der Waals surface area (Å²) < 4.78 is 25.4. The van der Waals surface area contributed by atoms with Crippen molar-refractivity contribution in [2.45, 2.75) is 113 Å². The van der Waals surface area contributed by atoms with Crippen LogP contribution < -0.4 is 14.2 Å². The van der Waals surface area contributed by atoms with Crippen LogP contribution in [0.2, 0.25) is 0 Å². The van der Waals surface area contributed by atoms with Gasteiger partial charge in [-0.1, -0.05) is 40.0 Å². The lowest BCUT2D eigenvalue weighted by Crippen LogP contribution is -2.50. The molecule has 47 heavy (non-hydrogen) atoms. The highest BCUT2D eigenvalue weighted by Gasteiger charge is 2.57. The molecule has 4 saturated carbocycles. The lowest BCUT2D eigenvalue weighted by molar-refractivity contribution is -0.160. The van der Waals surface area contributed by atoms with Crippen LogP contribution in [0.3, 0.4) is 0 Å². The highest BCUT2D eigenvalue weighted by Crippen LogP contribution is 2.71. The van der Waals surface area contributed by atoms with Crippen LogP contribution in [0.5, 0.6) is 17.2 Å². The molecule has 0 aliphatic heterocycles. The van der Waals surface area contributed by atoms with Gasteiger partial charge in [0.05, 0.1) is 25.2 Å². The SMILES string of the molecule is CCCCOc1ccc(S(OC(=O)C23CC4CC(CC(C4)C2)C3)(c2ccc(OCCCC)cc2)c2ccc(OCCCC)cc2)cc1. The molecule has 6 heteroatoms. The van der Waals surface area contributed by atoms with E-state index in [1.165, 1.54) is 19.3 Å². The van der Waals surface area contributed by atoms with Gasteiger partial charge in [-0.15, -0.1) is 0 Å². The van der Waals surface area contributed by atoms with Crippen molar-refractivity contribution >= 4 is 16.3 Å². The van der Waals surface area contributed by atoms with E-state index >= 15 is 0 Å². The van der Waals surface area contributed by atoms with Crippen molar-refractivity contribution < 1.29 is 23.2 Å². The summed E-state index contributed by atoms with van der Waals surface area (Å²) in [5.41, 5.74) is -0.386. The molecule has 254 valence electrons.